The lowest BCUT2D eigenvalue weighted by molar-refractivity contribution is 0.0697. The van der Waals surface area contributed by atoms with E-state index in [1.54, 1.807) is 18.2 Å². The van der Waals surface area contributed by atoms with Crippen molar-refractivity contribution in [2.75, 3.05) is 0 Å². The van der Waals surface area contributed by atoms with E-state index in [0.717, 1.165) is 23.9 Å². The molecule has 3 aromatic rings. The zero-order chi connectivity index (χ0) is 14.4. The second kappa shape index (κ2) is 4.45. The summed E-state index contributed by atoms with van der Waals surface area (Å²) in [4.78, 5) is 15.5. The van der Waals surface area contributed by atoms with E-state index < -0.39 is 5.97 Å². The van der Waals surface area contributed by atoms with Crippen LogP contribution < -0.4 is 0 Å². The number of hydrogen-bond donors (Lipinski definition) is 1. The van der Waals surface area contributed by atoms with Gasteiger partial charge in [0.25, 0.3) is 0 Å². The van der Waals surface area contributed by atoms with Crippen LogP contribution >= 0.6 is 0 Å². The molecular weight excluding hydrogens is 264 g/mol. The molecule has 2 aromatic carbocycles. The largest absolute Gasteiger partial charge is 0.478 e. The molecule has 0 spiro atoms. The van der Waals surface area contributed by atoms with Crippen LogP contribution in [0.5, 0.6) is 0 Å². The summed E-state index contributed by atoms with van der Waals surface area (Å²) in [5.74, 6) is -0.903. The molecule has 4 nitrogen and oxygen atoms in total. The number of carbonyl (C=O) groups is 1. The van der Waals surface area contributed by atoms with Gasteiger partial charge in [-0.2, -0.15) is 0 Å². The van der Waals surface area contributed by atoms with E-state index in [1.807, 2.05) is 6.33 Å². The molecular formula is C17H14N2O2. The molecule has 104 valence electrons. The quantitative estimate of drug-likeness (QED) is 0.783. The lowest BCUT2D eigenvalue weighted by atomic mass is 10.1. The number of fused-ring (bicyclic) bond motifs is 2. The third-order valence-electron chi connectivity index (χ3n) is 4.24. The van der Waals surface area contributed by atoms with Crippen LogP contribution in [0.1, 0.15) is 27.5 Å². The van der Waals surface area contributed by atoms with Crippen LogP contribution in [-0.4, -0.2) is 20.6 Å². The Bertz CT molecular complexity index is 826. The van der Waals surface area contributed by atoms with Crippen LogP contribution in [0.2, 0.25) is 0 Å². The van der Waals surface area contributed by atoms with E-state index in [-0.39, 0.29) is 0 Å². The fourth-order valence-corrected chi connectivity index (χ4v) is 3.18. The van der Waals surface area contributed by atoms with Gasteiger partial charge in [0.05, 0.1) is 22.9 Å². The van der Waals surface area contributed by atoms with Crippen molar-refractivity contribution >= 4 is 17.0 Å². The standard InChI is InChI=1S/C17H14N2O2/c20-17(21)13-5-6-15-16(9-13)19(10-18-15)14-7-11-3-1-2-4-12(11)8-14/h1-6,9-10,14H,7-8H2,(H,20,21). The van der Waals surface area contributed by atoms with Gasteiger partial charge in [0.15, 0.2) is 0 Å². The molecule has 1 heterocycles. The number of nitrogens with zero attached hydrogens (tertiary/aromatic N) is 2. The summed E-state index contributed by atoms with van der Waals surface area (Å²) in [6, 6.07) is 13.9. The average Bonchev–Trinajstić information content (AvgIpc) is 3.09. The molecule has 1 aromatic heterocycles. The summed E-state index contributed by atoms with van der Waals surface area (Å²) >= 11 is 0. The highest BCUT2D eigenvalue weighted by atomic mass is 16.4. The van der Waals surface area contributed by atoms with Crippen LogP contribution in [0.15, 0.2) is 48.8 Å². The van der Waals surface area contributed by atoms with Gasteiger partial charge < -0.3 is 9.67 Å². The molecule has 0 saturated heterocycles. The molecule has 0 aliphatic heterocycles. The third kappa shape index (κ3) is 1.91. The summed E-state index contributed by atoms with van der Waals surface area (Å²) in [5.41, 5.74) is 4.79. The number of carboxylic acid groups (broad SMARTS) is 1. The summed E-state index contributed by atoms with van der Waals surface area (Å²) in [5, 5.41) is 9.15. The number of carboxylic acids is 1. The number of aromatic nitrogens is 2. The Morgan fingerprint density at radius 1 is 1.14 bits per heavy atom. The first-order valence-corrected chi connectivity index (χ1v) is 6.99. The first kappa shape index (κ1) is 12.1. The van der Waals surface area contributed by atoms with E-state index in [1.165, 1.54) is 11.1 Å². The van der Waals surface area contributed by atoms with Gasteiger partial charge in [-0.15, -0.1) is 0 Å². The van der Waals surface area contributed by atoms with Gasteiger partial charge in [0.1, 0.15) is 0 Å². The lowest BCUT2D eigenvalue weighted by Crippen LogP contribution is -2.08. The minimum Gasteiger partial charge on any atom is -0.478 e. The predicted octanol–water partition coefficient (Wildman–Crippen LogP) is 3.07. The minimum absolute atomic E-state index is 0.305. The normalized spacial score (nSPS) is 14.5. The first-order chi connectivity index (χ1) is 10.2. The smallest absolute Gasteiger partial charge is 0.335 e. The van der Waals surface area contributed by atoms with Gasteiger partial charge in [0, 0.05) is 6.04 Å². The van der Waals surface area contributed by atoms with Gasteiger partial charge in [-0.25, -0.2) is 9.78 Å². The van der Waals surface area contributed by atoms with Crippen molar-refractivity contribution in [3.8, 4) is 0 Å². The molecule has 1 N–H and O–H groups in total. The molecule has 4 rings (SSSR count). The van der Waals surface area contributed by atoms with Crippen molar-refractivity contribution in [2.24, 2.45) is 0 Å². The van der Waals surface area contributed by atoms with Crippen LogP contribution in [0.25, 0.3) is 11.0 Å². The monoisotopic (exact) mass is 278 g/mol. The molecule has 4 heteroatoms. The topological polar surface area (TPSA) is 55.1 Å². The molecule has 0 fully saturated rings. The molecule has 0 amide bonds. The fraction of sp³-hybridized carbons (Fsp3) is 0.176. The highest BCUT2D eigenvalue weighted by Gasteiger charge is 2.23. The van der Waals surface area contributed by atoms with Crippen molar-refractivity contribution in [3.63, 3.8) is 0 Å². The summed E-state index contributed by atoms with van der Waals surface area (Å²) in [6.45, 7) is 0. The molecule has 0 saturated carbocycles. The van der Waals surface area contributed by atoms with Crippen LogP contribution in [0, 0.1) is 0 Å². The molecule has 1 aliphatic rings. The maximum atomic E-state index is 11.1. The predicted molar refractivity (Wildman–Crippen MR) is 79.6 cm³/mol. The zero-order valence-corrected chi connectivity index (χ0v) is 11.4. The highest BCUT2D eigenvalue weighted by Crippen LogP contribution is 2.32. The van der Waals surface area contributed by atoms with E-state index in [9.17, 15) is 4.79 Å². The number of benzene rings is 2. The zero-order valence-electron chi connectivity index (χ0n) is 11.4. The number of imidazole rings is 1. The molecule has 0 radical (unpaired) electrons. The summed E-state index contributed by atoms with van der Waals surface area (Å²) < 4.78 is 2.11. The summed E-state index contributed by atoms with van der Waals surface area (Å²) in [6.07, 6.45) is 3.77. The lowest BCUT2D eigenvalue weighted by Gasteiger charge is -2.12. The van der Waals surface area contributed by atoms with Gasteiger partial charge in [-0.1, -0.05) is 24.3 Å². The molecule has 1 aliphatic carbocycles. The van der Waals surface area contributed by atoms with Gasteiger partial charge >= 0.3 is 5.97 Å². The number of rotatable bonds is 2. The van der Waals surface area contributed by atoms with Crippen molar-refractivity contribution < 1.29 is 9.90 Å². The van der Waals surface area contributed by atoms with Gasteiger partial charge in [0.2, 0.25) is 0 Å². The SMILES string of the molecule is O=C(O)c1ccc2ncn(C3Cc4ccccc4C3)c2c1. The fourth-order valence-electron chi connectivity index (χ4n) is 3.18. The van der Waals surface area contributed by atoms with Gasteiger partial charge in [-0.3, -0.25) is 0 Å². The van der Waals surface area contributed by atoms with Crippen molar-refractivity contribution in [2.45, 2.75) is 18.9 Å². The Morgan fingerprint density at radius 3 is 2.52 bits per heavy atom. The molecule has 21 heavy (non-hydrogen) atoms. The third-order valence-corrected chi connectivity index (χ3v) is 4.24. The maximum absolute atomic E-state index is 11.1. The van der Waals surface area contributed by atoms with Crippen LogP contribution in [0.3, 0.4) is 0 Å². The van der Waals surface area contributed by atoms with E-state index >= 15 is 0 Å². The first-order valence-electron chi connectivity index (χ1n) is 6.99. The Balaban J connectivity index is 1.78. The average molecular weight is 278 g/mol. The minimum atomic E-state index is -0.903. The van der Waals surface area contributed by atoms with Crippen molar-refractivity contribution in [1.29, 1.82) is 0 Å². The van der Waals surface area contributed by atoms with E-state index in [0.29, 0.717) is 11.6 Å². The molecule has 0 unspecified atom stereocenters. The Labute approximate surface area is 121 Å². The maximum Gasteiger partial charge on any atom is 0.335 e. The molecule has 0 bridgehead atoms. The Morgan fingerprint density at radius 2 is 1.86 bits per heavy atom. The highest BCUT2D eigenvalue weighted by molar-refractivity contribution is 5.92. The van der Waals surface area contributed by atoms with Crippen molar-refractivity contribution in [3.05, 3.63) is 65.5 Å². The second-order valence-electron chi connectivity index (χ2n) is 5.49. The van der Waals surface area contributed by atoms with E-state index in [4.69, 9.17) is 5.11 Å². The van der Waals surface area contributed by atoms with Crippen LogP contribution in [-0.2, 0) is 12.8 Å². The van der Waals surface area contributed by atoms with Gasteiger partial charge in [-0.05, 0) is 42.2 Å². The summed E-state index contributed by atoms with van der Waals surface area (Å²) in [7, 11) is 0. The number of hydrogen-bond acceptors (Lipinski definition) is 2. The van der Waals surface area contributed by atoms with E-state index in [2.05, 4.69) is 33.8 Å². The second-order valence-corrected chi connectivity index (χ2v) is 5.49. The Hall–Kier alpha value is -2.62. The van der Waals surface area contributed by atoms with Crippen molar-refractivity contribution in [1.82, 2.24) is 9.55 Å². The molecule has 0 atom stereocenters. The number of aromatic carboxylic acids is 1. The van der Waals surface area contributed by atoms with Crippen LogP contribution in [0.4, 0.5) is 0 Å². The Kier molecular flexibility index (Phi) is 2.57.